The van der Waals surface area contributed by atoms with Gasteiger partial charge in [0.05, 0.1) is 6.61 Å². The molecule has 0 saturated heterocycles. The van der Waals surface area contributed by atoms with Crippen molar-refractivity contribution in [2.24, 2.45) is 5.73 Å². The predicted molar refractivity (Wildman–Crippen MR) is 37.5 cm³/mol. The largest absolute Gasteiger partial charge is 0.497 e. The maximum absolute atomic E-state index is 11.0. The number of Topliss-reactive ketones (excluding diaryl/α,β-unsaturated/α-hetero) is 1. The summed E-state index contributed by atoms with van der Waals surface area (Å²) in [6.45, 7) is 1.92. The highest BCUT2D eigenvalue weighted by molar-refractivity contribution is 6.19. The second kappa shape index (κ2) is 2.74. The summed E-state index contributed by atoms with van der Waals surface area (Å²) < 4.78 is 4.98. The van der Waals surface area contributed by atoms with Crippen molar-refractivity contribution < 1.29 is 14.3 Å². The Morgan fingerprint density at radius 2 is 2.27 bits per heavy atom. The standard InChI is InChI=1S/C7H9NO3/c1-4-6(7(8)10)5(9)2-3-11-4/h2-3H2,1H3,(H2,8,10). The molecule has 1 heterocycles. The number of nitrogens with two attached hydrogens (primary N) is 1. The number of primary amides is 1. The number of ether oxygens (including phenoxy) is 1. The van der Waals surface area contributed by atoms with Crippen LogP contribution in [0.4, 0.5) is 0 Å². The molecule has 0 saturated carbocycles. The van der Waals surface area contributed by atoms with Crippen LogP contribution >= 0.6 is 0 Å². The average molecular weight is 155 g/mol. The van der Waals surface area contributed by atoms with Crippen LogP contribution < -0.4 is 5.73 Å². The van der Waals surface area contributed by atoms with Crippen LogP contribution in [0.15, 0.2) is 11.3 Å². The molecule has 0 spiro atoms. The Morgan fingerprint density at radius 3 is 2.64 bits per heavy atom. The van der Waals surface area contributed by atoms with Crippen molar-refractivity contribution >= 4 is 11.7 Å². The Hall–Kier alpha value is -1.32. The lowest BCUT2D eigenvalue weighted by atomic mass is 10.1. The van der Waals surface area contributed by atoms with E-state index in [4.69, 9.17) is 10.5 Å². The van der Waals surface area contributed by atoms with E-state index >= 15 is 0 Å². The van der Waals surface area contributed by atoms with Gasteiger partial charge in [-0.25, -0.2) is 0 Å². The van der Waals surface area contributed by atoms with Crippen LogP contribution in [0.2, 0.25) is 0 Å². The third-order valence-corrected chi connectivity index (χ3v) is 1.52. The Balaban J connectivity index is 3.01. The first-order valence-electron chi connectivity index (χ1n) is 3.29. The zero-order valence-corrected chi connectivity index (χ0v) is 6.22. The van der Waals surface area contributed by atoms with Crippen LogP contribution in [0.3, 0.4) is 0 Å². The predicted octanol–water partition coefficient (Wildman–Crippen LogP) is -0.265. The molecule has 4 heteroatoms. The SMILES string of the molecule is CC1=C(C(N)=O)C(=O)CCO1. The van der Waals surface area contributed by atoms with E-state index in [1.54, 1.807) is 6.92 Å². The van der Waals surface area contributed by atoms with E-state index in [0.29, 0.717) is 12.4 Å². The summed E-state index contributed by atoms with van der Waals surface area (Å²) in [7, 11) is 0. The van der Waals surface area contributed by atoms with Crippen molar-refractivity contribution in [1.29, 1.82) is 0 Å². The van der Waals surface area contributed by atoms with Crippen molar-refractivity contribution in [3.05, 3.63) is 11.3 Å². The zero-order chi connectivity index (χ0) is 8.43. The fraction of sp³-hybridized carbons (Fsp3) is 0.429. The summed E-state index contributed by atoms with van der Waals surface area (Å²) in [6, 6.07) is 0. The number of allylic oxidation sites excluding steroid dienone is 1. The molecule has 0 aliphatic carbocycles. The Kier molecular flexibility index (Phi) is 1.94. The fourth-order valence-electron chi connectivity index (χ4n) is 1.00. The molecule has 1 aliphatic heterocycles. The lowest BCUT2D eigenvalue weighted by molar-refractivity contribution is -0.122. The van der Waals surface area contributed by atoms with Crippen molar-refractivity contribution in [2.45, 2.75) is 13.3 Å². The van der Waals surface area contributed by atoms with Gasteiger partial charge in [-0.15, -0.1) is 0 Å². The van der Waals surface area contributed by atoms with Crippen molar-refractivity contribution in [3.8, 4) is 0 Å². The summed E-state index contributed by atoms with van der Waals surface area (Å²) >= 11 is 0. The second-order valence-corrected chi connectivity index (χ2v) is 2.32. The lowest BCUT2D eigenvalue weighted by Crippen LogP contribution is -2.26. The molecule has 0 fully saturated rings. The summed E-state index contributed by atoms with van der Waals surface area (Å²) in [4.78, 5) is 21.6. The number of amides is 1. The number of hydrogen-bond acceptors (Lipinski definition) is 3. The van der Waals surface area contributed by atoms with Gasteiger partial charge in [-0.05, 0) is 6.92 Å². The molecule has 0 atom stereocenters. The minimum Gasteiger partial charge on any atom is -0.497 e. The molecular formula is C7H9NO3. The summed E-state index contributed by atoms with van der Waals surface area (Å²) in [5.41, 5.74) is 4.96. The van der Waals surface area contributed by atoms with Crippen molar-refractivity contribution in [1.82, 2.24) is 0 Å². The molecule has 0 aromatic heterocycles. The number of ketones is 1. The van der Waals surface area contributed by atoms with Crippen LogP contribution in [-0.4, -0.2) is 18.3 Å². The fourth-order valence-corrected chi connectivity index (χ4v) is 1.00. The number of rotatable bonds is 1. The highest BCUT2D eigenvalue weighted by atomic mass is 16.5. The molecule has 2 N–H and O–H groups in total. The molecule has 60 valence electrons. The summed E-state index contributed by atoms with van der Waals surface area (Å²) in [6.07, 6.45) is 0.246. The van der Waals surface area contributed by atoms with Gasteiger partial charge < -0.3 is 10.5 Å². The number of hydrogen-bond donors (Lipinski definition) is 1. The molecule has 1 amide bonds. The van der Waals surface area contributed by atoms with Crippen LogP contribution in [-0.2, 0) is 14.3 Å². The smallest absolute Gasteiger partial charge is 0.255 e. The highest BCUT2D eigenvalue weighted by Crippen LogP contribution is 2.14. The number of carbonyl (C=O) groups excluding carboxylic acids is 2. The molecule has 0 bridgehead atoms. The van der Waals surface area contributed by atoms with Gasteiger partial charge in [-0.1, -0.05) is 0 Å². The van der Waals surface area contributed by atoms with Crippen LogP contribution in [0.1, 0.15) is 13.3 Å². The molecule has 1 rings (SSSR count). The van der Waals surface area contributed by atoms with Gasteiger partial charge in [-0.2, -0.15) is 0 Å². The van der Waals surface area contributed by atoms with Crippen LogP contribution in [0, 0.1) is 0 Å². The van der Waals surface area contributed by atoms with Crippen molar-refractivity contribution in [2.75, 3.05) is 6.61 Å². The van der Waals surface area contributed by atoms with Gasteiger partial charge in [0.2, 0.25) is 0 Å². The maximum Gasteiger partial charge on any atom is 0.255 e. The van der Waals surface area contributed by atoms with Gasteiger partial charge in [-0.3, -0.25) is 9.59 Å². The van der Waals surface area contributed by atoms with E-state index < -0.39 is 5.91 Å². The third kappa shape index (κ3) is 1.39. The zero-order valence-electron chi connectivity index (χ0n) is 6.22. The van der Waals surface area contributed by atoms with E-state index in [9.17, 15) is 9.59 Å². The van der Waals surface area contributed by atoms with E-state index in [-0.39, 0.29) is 17.8 Å². The molecule has 0 unspecified atom stereocenters. The first kappa shape index (κ1) is 7.78. The minimum atomic E-state index is -0.702. The summed E-state index contributed by atoms with van der Waals surface area (Å²) in [5.74, 6) is -0.581. The second-order valence-electron chi connectivity index (χ2n) is 2.32. The van der Waals surface area contributed by atoms with E-state index in [0.717, 1.165) is 0 Å². The first-order chi connectivity index (χ1) is 5.13. The molecule has 0 radical (unpaired) electrons. The van der Waals surface area contributed by atoms with E-state index in [1.165, 1.54) is 0 Å². The molecule has 11 heavy (non-hydrogen) atoms. The lowest BCUT2D eigenvalue weighted by Gasteiger charge is -2.14. The maximum atomic E-state index is 11.0. The average Bonchev–Trinajstić information content (AvgIpc) is 1.85. The number of carbonyl (C=O) groups is 2. The Bertz CT molecular complexity index is 242. The Morgan fingerprint density at radius 1 is 1.64 bits per heavy atom. The van der Waals surface area contributed by atoms with Crippen LogP contribution in [0.25, 0.3) is 0 Å². The van der Waals surface area contributed by atoms with Gasteiger partial charge in [0, 0.05) is 6.42 Å². The highest BCUT2D eigenvalue weighted by Gasteiger charge is 2.23. The monoisotopic (exact) mass is 155 g/mol. The van der Waals surface area contributed by atoms with E-state index in [2.05, 4.69) is 0 Å². The van der Waals surface area contributed by atoms with Gasteiger partial charge in [0.1, 0.15) is 11.3 Å². The molecule has 0 aromatic carbocycles. The molecular weight excluding hydrogens is 146 g/mol. The molecule has 0 aromatic rings. The van der Waals surface area contributed by atoms with Crippen LogP contribution in [0.5, 0.6) is 0 Å². The third-order valence-electron chi connectivity index (χ3n) is 1.52. The molecule has 4 nitrogen and oxygen atoms in total. The molecule has 1 aliphatic rings. The van der Waals surface area contributed by atoms with Gasteiger partial charge in [0.25, 0.3) is 5.91 Å². The topological polar surface area (TPSA) is 69.4 Å². The first-order valence-corrected chi connectivity index (χ1v) is 3.29. The van der Waals surface area contributed by atoms with E-state index in [1.807, 2.05) is 0 Å². The van der Waals surface area contributed by atoms with Crippen molar-refractivity contribution in [3.63, 3.8) is 0 Å². The Labute approximate surface area is 64.0 Å². The van der Waals surface area contributed by atoms with Gasteiger partial charge >= 0.3 is 0 Å². The quantitative estimate of drug-likeness (QED) is 0.530. The normalized spacial score (nSPS) is 18.1. The minimum absolute atomic E-state index is 0.0104. The van der Waals surface area contributed by atoms with Gasteiger partial charge in [0.15, 0.2) is 5.78 Å². The summed E-state index contributed by atoms with van der Waals surface area (Å²) in [5, 5.41) is 0.